The van der Waals surface area contributed by atoms with E-state index in [9.17, 15) is 5.11 Å². The summed E-state index contributed by atoms with van der Waals surface area (Å²) in [4.78, 5) is 2.11. The fourth-order valence-electron chi connectivity index (χ4n) is 2.50. The van der Waals surface area contributed by atoms with Crippen LogP contribution in [-0.4, -0.2) is 46.1 Å². The van der Waals surface area contributed by atoms with Crippen molar-refractivity contribution in [2.24, 2.45) is 7.05 Å². The van der Waals surface area contributed by atoms with E-state index in [1.165, 1.54) is 0 Å². The Morgan fingerprint density at radius 2 is 2.09 bits per heavy atom. The second kappa shape index (κ2) is 7.62. The molecule has 0 fully saturated rings. The first-order chi connectivity index (χ1) is 10.9. The first-order valence-corrected chi connectivity index (χ1v) is 7.93. The third kappa shape index (κ3) is 4.81. The molecular weight excluding hydrogens is 290 g/mol. The molecule has 5 heteroatoms. The van der Waals surface area contributed by atoms with Crippen LogP contribution in [0.4, 0.5) is 0 Å². The number of ether oxygens (including phenoxy) is 1. The summed E-state index contributed by atoms with van der Waals surface area (Å²) in [5.41, 5.74) is 3.37. The predicted molar refractivity (Wildman–Crippen MR) is 91.7 cm³/mol. The molecule has 0 aliphatic carbocycles. The molecule has 2 unspecified atom stereocenters. The van der Waals surface area contributed by atoms with E-state index in [2.05, 4.69) is 23.0 Å². The minimum absolute atomic E-state index is 0.194. The fraction of sp³-hybridized carbons (Fsp3) is 0.500. The summed E-state index contributed by atoms with van der Waals surface area (Å²) in [6.07, 6.45) is 3.32. The molecule has 0 aliphatic rings. The molecule has 0 saturated carbocycles. The fourth-order valence-corrected chi connectivity index (χ4v) is 2.50. The molecule has 5 nitrogen and oxygen atoms in total. The van der Waals surface area contributed by atoms with Crippen molar-refractivity contribution in [2.75, 3.05) is 20.2 Å². The quantitative estimate of drug-likeness (QED) is 0.852. The van der Waals surface area contributed by atoms with Gasteiger partial charge in [-0.05, 0) is 45.0 Å². The molecule has 0 spiro atoms. The van der Waals surface area contributed by atoms with Crippen LogP contribution in [0.5, 0.6) is 5.75 Å². The van der Waals surface area contributed by atoms with Gasteiger partial charge in [-0.3, -0.25) is 9.58 Å². The molecule has 1 heterocycles. The third-order valence-electron chi connectivity index (χ3n) is 4.14. The van der Waals surface area contributed by atoms with Gasteiger partial charge in [0.05, 0.1) is 6.20 Å². The van der Waals surface area contributed by atoms with Crippen LogP contribution in [0, 0.1) is 13.8 Å². The van der Waals surface area contributed by atoms with Crippen LogP contribution in [0.25, 0.3) is 0 Å². The summed E-state index contributed by atoms with van der Waals surface area (Å²) in [7, 11) is 3.90. The van der Waals surface area contributed by atoms with Crippen LogP contribution < -0.4 is 4.74 Å². The van der Waals surface area contributed by atoms with Crippen molar-refractivity contribution < 1.29 is 9.84 Å². The van der Waals surface area contributed by atoms with Crippen molar-refractivity contribution in [1.29, 1.82) is 0 Å². The van der Waals surface area contributed by atoms with Crippen molar-refractivity contribution in [3.63, 3.8) is 0 Å². The number of rotatable bonds is 7. The van der Waals surface area contributed by atoms with Crippen molar-refractivity contribution in [1.82, 2.24) is 14.7 Å². The highest BCUT2D eigenvalue weighted by atomic mass is 16.5. The Morgan fingerprint density at radius 3 is 2.74 bits per heavy atom. The van der Waals surface area contributed by atoms with Crippen molar-refractivity contribution in [3.05, 3.63) is 47.3 Å². The van der Waals surface area contributed by atoms with Crippen LogP contribution in [0.2, 0.25) is 0 Å². The molecule has 2 aromatic rings. The Hall–Kier alpha value is -1.85. The Kier molecular flexibility index (Phi) is 5.80. The van der Waals surface area contributed by atoms with E-state index in [0.717, 1.165) is 22.4 Å². The molecule has 1 aromatic carbocycles. The van der Waals surface area contributed by atoms with Gasteiger partial charge in [0.25, 0.3) is 0 Å². The Balaban J connectivity index is 1.86. The molecule has 2 rings (SSSR count). The van der Waals surface area contributed by atoms with Gasteiger partial charge in [-0.15, -0.1) is 0 Å². The van der Waals surface area contributed by atoms with E-state index in [1.54, 1.807) is 4.68 Å². The molecule has 0 saturated heterocycles. The summed E-state index contributed by atoms with van der Waals surface area (Å²) in [5, 5.41) is 14.5. The first kappa shape index (κ1) is 17.5. The van der Waals surface area contributed by atoms with Crippen LogP contribution >= 0.6 is 0 Å². The van der Waals surface area contributed by atoms with Crippen molar-refractivity contribution in [2.45, 2.75) is 32.9 Å². The summed E-state index contributed by atoms with van der Waals surface area (Å²) < 4.78 is 7.57. The predicted octanol–water partition coefficient (Wildman–Crippen LogP) is 2.47. The lowest BCUT2D eigenvalue weighted by atomic mass is 10.1. The summed E-state index contributed by atoms with van der Waals surface area (Å²) in [6.45, 7) is 6.98. The van der Waals surface area contributed by atoms with Gasteiger partial charge in [-0.2, -0.15) is 5.10 Å². The molecule has 23 heavy (non-hydrogen) atoms. The maximum absolute atomic E-state index is 10.3. The highest BCUT2D eigenvalue weighted by Gasteiger charge is 2.17. The summed E-state index contributed by atoms with van der Waals surface area (Å²) in [5.74, 6) is 0.840. The largest absolute Gasteiger partial charge is 0.491 e. The minimum Gasteiger partial charge on any atom is -0.491 e. The second-order valence-electron chi connectivity index (χ2n) is 6.30. The lowest BCUT2D eigenvalue weighted by Gasteiger charge is -2.26. The average molecular weight is 317 g/mol. The van der Waals surface area contributed by atoms with Gasteiger partial charge in [-0.25, -0.2) is 0 Å². The molecule has 0 aliphatic heterocycles. The molecule has 2 atom stereocenters. The molecular formula is C18H27N3O2. The number of nitrogens with zero attached hydrogens (tertiary/aromatic N) is 3. The number of aromatic nitrogens is 2. The minimum atomic E-state index is -0.543. The van der Waals surface area contributed by atoms with E-state index >= 15 is 0 Å². The zero-order valence-corrected chi connectivity index (χ0v) is 14.7. The molecule has 1 N–H and O–H groups in total. The van der Waals surface area contributed by atoms with Gasteiger partial charge in [0, 0.05) is 31.4 Å². The van der Waals surface area contributed by atoms with Gasteiger partial charge in [0.15, 0.2) is 0 Å². The zero-order chi connectivity index (χ0) is 17.0. The smallest absolute Gasteiger partial charge is 0.122 e. The highest BCUT2D eigenvalue weighted by Crippen LogP contribution is 2.20. The van der Waals surface area contributed by atoms with Crippen LogP contribution in [0.1, 0.15) is 29.7 Å². The molecule has 0 bridgehead atoms. The van der Waals surface area contributed by atoms with Gasteiger partial charge < -0.3 is 9.84 Å². The third-order valence-corrected chi connectivity index (χ3v) is 4.14. The van der Waals surface area contributed by atoms with Crippen LogP contribution in [-0.2, 0) is 7.05 Å². The van der Waals surface area contributed by atoms with Crippen molar-refractivity contribution >= 4 is 0 Å². The maximum Gasteiger partial charge on any atom is 0.122 e. The lowest BCUT2D eigenvalue weighted by Crippen LogP contribution is -2.34. The van der Waals surface area contributed by atoms with Gasteiger partial charge in [-0.1, -0.05) is 12.1 Å². The molecule has 1 aromatic heterocycles. The summed E-state index contributed by atoms with van der Waals surface area (Å²) in [6, 6.07) is 6.29. The average Bonchev–Trinajstić information content (AvgIpc) is 2.93. The summed E-state index contributed by atoms with van der Waals surface area (Å²) >= 11 is 0. The highest BCUT2D eigenvalue weighted by molar-refractivity contribution is 5.35. The Morgan fingerprint density at radius 1 is 1.35 bits per heavy atom. The van der Waals surface area contributed by atoms with Gasteiger partial charge in [0.1, 0.15) is 18.5 Å². The Labute approximate surface area is 138 Å². The van der Waals surface area contributed by atoms with Crippen LogP contribution in [0.15, 0.2) is 30.6 Å². The van der Waals surface area contributed by atoms with Gasteiger partial charge in [0.2, 0.25) is 0 Å². The molecule has 0 radical (unpaired) electrons. The number of aliphatic hydroxyl groups is 1. The number of benzene rings is 1. The van der Waals surface area contributed by atoms with E-state index in [4.69, 9.17) is 4.74 Å². The van der Waals surface area contributed by atoms with Crippen LogP contribution in [0.3, 0.4) is 0 Å². The van der Waals surface area contributed by atoms with Crippen molar-refractivity contribution in [3.8, 4) is 5.75 Å². The maximum atomic E-state index is 10.3. The molecule has 0 amide bonds. The normalized spacial score (nSPS) is 14.0. The van der Waals surface area contributed by atoms with E-state index in [-0.39, 0.29) is 12.6 Å². The Bertz CT molecular complexity index is 639. The number of aliphatic hydroxyl groups excluding tert-OH is 1. The number of hydrogen-bond acceptors (Lipinski definition) is 4. The zero-order valence-electron chi connectivity index (χ0n) is 14.7. The number of aryl methyl sites for hydroxylation is 3. The van der Waals surface area contributed by atoms with E-state index in [1.807, 2.05) is 52.5 Å². The lowest BCUT2D eigenvalue weighted by molar-refractivity contribution is 0.0651. The topological polar surface area (TPSA) is 50.5 Å². The number of likely N-dealkylation sites (N-methyl/N-ethyl adjacent to an activating group) is 1. The first-order valence-electron chi connectivity index (χ1n) is 7.93. The number of hydrogen-bond donors (Lipinski definition) is 1. The SMILES string of the molecule is Cc1ccc(C)c(OCC(O)CN(C)C(C)c2cnn(C)c2)c1. The second-order valence-corrected chi connectivity index (χ2v) is 6.30. The monoisotopic (exact) mass is 317 g/mol. The van der Waals surface area contributed by atoms with E-state index < -0.39 is 6.10 Å². The van der Waals surface area contributed by atoms with Gasteiger partial charge >= 0.3 is 0 Å². The molecule has 126 valence electrons. The standard InChI is InChI=1S/C18H27N3O2/c1-13-6-7-14(2)18(8-13)23-12-17(22)11-20(4)15(3)16-9-19-21(5)10-16/h6-10,15,17,22H,11-12H2,1-5H3. The van der Waals surface area contributed by atoms with E-state index in [0.29, 0.717) is 6.54 Å².